The number of phenols is 1. The van der Waals surface area contributed by atoms with E-state index in [4.69, 9.17) is 4.42 Å². The Kier molecular flexibility index (Phi) is 2.29. The highest BCUT2D eigenvalue weighted by Gasteiger charge is 2.13. The Bertz CT molecular complexity index is 751. The maximum atomic E-state index is 11.4. The predicted octanol–water partition coefficient (Wildman–Crippen LogP) is 2.60. The van der Waals surface area contributed by atoms with Gasteiger partial charge in [0.15, 0.2) is 16.8 Å². The van der Waals surface area contributed by atoms with Gasteiger partial charge in [-0.1, -0.05) is 0 Å². The molecule has 4 nitrogen and oxygen atoms in total. The van der Waals surface area contributed by atoms with Crippen LogP contribution in [0.2, 0.25) is 0 Å². The summed E-state index contributed by atoms with van der Waals surface area (Å²) in [6.45, 7) is 0. The van der Waals surface area contributed by atoms with E-state index in [2.05, 4.69) is 27.6 Å². The fourth-order valence-corrected chi connectivity index (χ4v) is 2.35. The van der Waals surface area contributed by atoms with E-state index in [1.54, 1.807) is 12.1 Å². The van der Waals surface area contributed by atoms with Crippen molar-refractivity contribution in [1.29, 1.82) is 0 Å². The van der Waals surface area contributed by atoms with Gasteiger partial charge in [-0.25, -0.2) is 4.98 Å². The van der Waals surface area contributed by atoms with Crippen LogP contribution in [-0.2, 0) is 0 Å². The molecule has 1 aliphatic heterocycles. The lowest BCUT2D eigenvalue weighted by Crippen LogP contribution is -2.02. The number of fused-ring (bicyclic) bond motifs is 2. The van der Waals surface area contributed by atoms with Crippen LogP contribution < -0.4 is 5.43 Å². The highest BCUT2D eigenvalue weighted by molar-refractivity contribution is 14.1. The number of aromatic nitrogens is 1. The van der Waals surface area contributed by atoms with Crippen molar-refractivity contribution in [1.82, 2.24) is 4.98 Å². The van der Waals surface area contributed by atoms with Crippen molar-refractivity contribution in [3.63, 3.8) is 0 Å². The lowest BCUT2D eigenvalue weighted by molar-refractivity contribution is 0.474. The molecule has 1 aromatic carbocycles. The number of rotatable bonds is 0. The van der Waals surface area contributed by atoms with Crippen LogP contribution >= 0.6 is 22.6 Å². The second-order valence-corrected chi connectivity index (χ2v) is 4.78. The second-order valence-electron chi connectivity index (χ2n) is 3.62. The molecule has 1 aromatic rings. The van der Waals surface area contributed by atoms with E-state index in [9.17, 15) is 9.90 Å². The third-order valence-corrected chi connectivity index (χ3v) is 3.22. The molecule has 0 radical (unpaired) electrons. The maximum absolute atomic E-state index is 11.4. The summed E-state index contributed by atoms with van der Waals surface area (Å²) in [5, 5.41) is 9.36. The van der Waals surface area contributed by atoms with Gasteiger partial charge in [0.2, 0.25) is 0 Å². The molecule has 0 spiro atoms. The van der Waals surface area contributed by atoms with E-state index >= 15 is 0 Å². The molecule has 3 rings (SSSR count). The van der Waals surface area contributed by atoms with Crippen molar-refractivity contribution in [2.24, 2.45) is 0 Å². The third-order valence-electron chi connectivity index (χ3n) is 2.40. The van der Waals surface area contributed by atoms with Gasteiger partial charge in [0.05, 0.1) is 0 Å². The van der Waals surface area contributed by atoms with E-state index in [1.807, 2.05) is 0 Å². The average Bonchev–Trinajstić information content (AvgIpc) is 2.26. The number of benzene rings is 2. The van der Waals surface area contributed by atoms with Gasteiger partial charge in [0.1, 0.15) is 17.0 Å². The number of aromatic hydroxyl groups is 1. The summed E-state index contributed by atoms with van der Waals surface area (Å²) in [5.41, 5.74) is 1.64. The van der Waals surface area contributed by atoms with Gasteiger partial charge in [-0.15, -0.1) is 0 Å². The average molecular weight is 339 g/mol. The summed E-state index contributed by atoms with van der Waals surface area (Å²) in [6.07, 6.45) is 0. The molecule has 84 valence electrons. The lowest BCUT2D eigenvalue weighted by Gasteiger charge is -2.07. The molecule has 0 saturated carbocycles. The molecule has 1 aliphatic carbocycles. The lowest BCUT2D eigenvalue weighted by atomic mass is 10.2. The summed E-state index contributed by atoms with van der Waals surface area (Å²) in [7, 11) is 0. The van der Waals surface area contributed by atoms with Gasteiger partial charge in [-0.05, 0) is 34.7 Å². The first-order chi connectivity index (χ1) is 8.13. The number of hydrogen-bond donors (Lipinski definition) is 1. The minimum Gasteiger partial charge on any atom is -0.508 e. The quantitative estimate of drug-likeness (QED) is 0.505. The first kappa shape index (κ1) is 10.5. The Morgan fingerprint density at radius 3 is 2.88 bits per heavy atom. The first-order valence-corrected chi connectivity index (χ1v) is 5.94. The Hall–Kier alpha value is -1.63. The van der Waals surface area contributed by atoms with Crippen molar-refractivity contribution >= 4 is 33.7 Å². The zero-order chi connectivity index (χ0) is 12.0. The minimum atomic E-state index is -0.119. The van der Waals surface area contributed by atoms with Crippen molar-refractivity contribution < 1.29 is 9.52 Å². The molecule has 1 heterocycles. The Balaban J connectivity index is 2.49. The largest absolute Gasteiger partial charge is 0.508 e. The number of nitrogens with zero attached hydrogens (tertiary/aromatic N) is 1. The van der Waals surface area contributed by atoms with Crippen molar-refractivity contribution in [2.45, 2.75) is 0 Å². The normalized spacial score (nSPS) is 11.1. The predicted molar refractivity (Wildman–Crippen MR) is 71.3 cm³/mol. The summed E-state index contributed by atoms with van der Waals surface area (Å²) >= 11 is 2.05. The standard InChI is InChI=1S/C12H6INO3/c13-8-3-7(16)5-11-12(8)14-9-2-1-6(15)4-10(9)17-11/h1-5,15H. The number of halogens is 1. The number of phenolic OH excluding ortho intramolecular Hbond substituents is 1. The molecular formula is C12H6INO3. The first-order valence-electron chi connectivity index (χ1n) is 4.86. The van der Waals surface area contributed by atoms with Gasteiger partial charge < -0.3 is 9.52 Å². The minimum absolute atomic E-state index is 0.107. The molecule has 0 bridgehead atoms. The van der Waals surface area contributed by atoms with Crippen LogP contribution in [0.5, 0.6) is 5.75 Å². The molecule has 0 unspecified atom stereocenters. The fourth-order valence-electron chi connectivity index (χ4n) is 1.65. The molecule has 17 heavy (non-hydrogen) atoms. The van der Waals surface area contributed by atoms with Crippen LogP contribution in [0.25, 0.3) is 22.6 Å². The summed E-state index contributed by atoms with van der Waals surface area (Å²) < 4.78 is 6.31. The van der Waals surface area contributed by atoms with Gasteiger partial charge in [-0.3, -0.25) is 4.79 Å². The molecular weight excluding hydrogens is 333 g/mol. The topological polar surface area (TPSA) is 63.3 Å². The summed E-state index contributed by atoms with van der Waals surface area (Å²) in [5.74, 6) is 0.537. The van der Waals surface area contributed by atoms with Gasteiger partial charge in [0.25, 0.3) is 0 Å². The molecule has 0 amide bonds. The van der Waals surface area contributed by atoms with Crippen LogP contribution in [0.4, 0.5) is 0 Å². The van der Waals surface area contributed by atoms with Crippen LogP contribution in [0.3, 0.4) is 0 Å². The maximum Gasteiger partial charge on any atom is 0.183 e. The van der Waals surface area contributed by atoms with Crippen LogP contribution in [0.1, 0.15) is 0 Å². The highest BCUT2D eigenvalue weighted by Crippen LogP contribution is 2.28. The zero-order valence-electron chi connectivity index (χ0n) is 8.48. The molecule has 0 fully saturated rings. The molecule has 5 heteroatoms. The molecule has 0 aromatic heterocycles. The zero-order valence-corrected chi connectivity index (χ0v) is 10.6. The van der Waals surface area contributed by atoms with E-state index in [1.165, 1.54) is 18.2 Å². The SMILES string of the molecule is O=c1cc2oc3cc(O)ccc3nc-2c(I)c1. The van der Waals surface area contributed by atoms with E-state index in [0.717, 1.165) is 3.57 Å². The highest BCUT2D eigenvalue weighted by atomic mass is 127. The van der Waals surface area contributed by atoms with Gasteiger partial charge in [0, 0.05) is 21.8 Å². The van der Waals surface area contributed by atoms with Crippen molar-refractivity contribution in [3.05, 3.63) is 44.1 Å². The third kappa shape index (κ3) is 1.76. The molecule has 0 atom stereocenters. The van der Waals surface area contributed by atoms with Crippen LogP contribution in [0, 0.1) is 3.57 Å². The molecule has 1 N–H and O–H groups in total. The summed E-state index contributed by atoms with van der Waals surface area (Å²) in [4.78, 5) is 15.8. The van der Waals surface area contributed by atoms with Crippen molar-refractivity contribution in [3.8, 4) is 17.2 Å². The molecule has 2 aliphatic rings. The van der Waals surface area contributed by atoms with E-state index in [0.29, 0.717) is 22.6 Å². The van der Waals surface area contributed by atoms with E-state index in [-0.39, 0.29) is 11.2 Å². The summed E-state index contributed by atoms with van der Waals surface area (Å²) in [6, 6.07) is 7.61. The Labute approximate surface area is 109 Å². The monoisotopic (exact) mass is 339 g/mol. The van der Waals surface area contributed by atoms with Crippen LogP contribution in [-0.4, -0.2) is 10.1 Å². The smallest absolute Gasteiger partial charge is 0.183 e. The number of hydrogen-bond acceptors (Lipinski definition) is 4. The van der Waals surface area contributed by atoms with Crippen LogP contribution in [0.15, 0.2) is 39.5 Å². The Morgan fingerprint density at radius 1 is 1.24 bits per heavy atom. The second kappa shape index (κ2) is 3.69. The fraction of sp³-hybridized carbons (Fsp3) is 0. The van der Waals surface area contributed by atoms with Gasteiger partial charge >= 0.3 is 0 Å². The Morgan fingerprint density at radius 2 is 2.06 bits per heavy atom. The van der Waals surface area contributed by atoms with E-state index < -0.39 is 0 Å². The molecule has 0 saturated heterocycles. The van der Waals surface area contributed by atoms with Gasteiger partial charge in [-0.2, -0.15) is 0 Å². The van der Waals surface area contributed by atoms with Crippen molar-refractivity contribution in [2.75, 3.05) is 0 Å².